The molecule has 1 aliphatic carbocycles. The third kappa shape index (κ3) is 4.43. The average Bonchev–Trinajstić information content (AvgIpc) is 4.02. The number of fused-ring (bicyclic) bond motifs is 13. The van der Waals surface area contributed by atoms with Crippen LogP contribution in [0.25, 0.3) is 83.2 Å². The molecule has 278 valence electrons. The van der Waals surface area contributed by atoms with E-state index in [1.807, 2.05) is 0 Å². The number of hydrogen-bond acceptors (Lipinski definition) is 1. The van der Waals surface area contributed by atoms with E-state index >= 15 is 0 Å². The van der Waals surface area contributed by atoms with Crippen LogP contribution >= 0.6 is 0 Å². The van der Waals surface area contributed by atoms with E-state index in [1.54, 1.807) is 0 Å². The summed E-state index contributed by atoms with van der Waals surface area (Å²) in [5.74, 6) is 0.265. The van der Waals surface area contributed by atoms with Gasteiger partial charge in [0, 0.05) is 77.6 Å². The maximum atomic E-state index is 2.59. The minimum atomic E-state index is 0.149. The van der Waals surface area contributed by atoms with E-state index in [4.69, 9.17) is 0 Å². The summed E-state index contributed by atoms with van der Waals surface area (Å²) < 4.78 is 7.48. The largest absolute Gasteiger partial charge is 0.333 e. The van der Waals surface area contributed by atoms with Crippen molar-refractivity contribution in [3.05, 3.63) is 210 Å². The van der Waals surface area contributed by atoms with Crippen molar-refractivity contribution in [3.63, 3.8) is 0 Å². The number of hydrogen-bond donors (Lipinski definition) is 0. The van der Waals surface area contributed by atoms with Crippen molar-refractivity contribution in [1.29, 1.82) is 0 Å². The van der Waals surface area contributed by atoms with E-state index in [0.29, 0.717) is 0 Å². The normalized spacial score (nSPS) is 15.9. The first-order chi connectivity index (χ1) is 29.2. The molecule has 0 saturated heterocycles. The van der Waals surface area contributed by atoms with Crippen molar-refractivity contribution < 1.29 is 0 Å². The molecule has 0 amide bonds. The van der Waals surface area contributed by atoms with E-state index in [2.05, 4.69) is 226 Å². The van der Waals surface area contributed by atoms with Crippen LogP contribution in [0.1, 0.15) is 12.5 Å². The highest BCUT2D eigenvalue weighted by Crippen LogP contribution is 2.48. The predicted molar refractivity (Wildman–Crippen MR) is 246 cm³/mol. The molecule has 1 aliphatic heterocycles. The zero-order valence-electron chi connectivity index (χ0n) is 32.5. The van der Waals surface area contributed by atoms with Gasteiger partial charge in [0.2, 0.25) is 0 Å². The molecule has 13 rings (SSSR count). The Hall–Kier alpha value is -7.56. The number of aromatic nitrogens is 3. The third-order valence-electron chi connectivity index (χ3n) is 13.0. The van der Waals surface area contributed by atoms with Crippen LogP contribution < -0.4 is 15.5 Å². The molecule has 4 heterocycles. The zero-order chi connectivity index (χ0) is 38.8. The van der Waals surface area contributed by atoms with Crippen LogP contribution in [0.4, 0.5) is 11.4 Å². The Morgan fingerprint density at radius 3 is 1.71 bits per heavy atom. The van der Waals surface area contributed by atoms with Gasteiger partial charge in [0.1, 0.15) is 0 Å². The monoisotopic (exact) mass is 754 g/mol. The molecule has 0 saturated carbocycles. The molecule has 3 aromatic heterocycles. The van der Waals surface area contributed by atoms with Crippen LogP contribution in [0.15, 0.2) is 194 Å². The van der Waals surface area contributed by atoms with Gasteiger partial charge in [0.05, 0.1) is 39.0 Å². The molecule has 2 atom stereocenters. The van der Waals surface area contributed by atoms with Crippen molar-refractivity contribution >= 4 is 77.5 Å². The zero-order valence-corrected chi connectivity index (χ0v) is 32.5. The molecular weight excluding hydrogens is 717 g/mol. The van der Waals surface area contributed by atoms with Gasteiger partial charge in [-0.15, -0.1) is 0 Å². The molecule has 4 heteroatoms. The molecule has 0 fully saturated rings. The lowest BCUT2D eigenvalue weighted by atomic mass is 9.87. The average molecular weight is 755 g/mol. The van der Waals surface area contributed by atoms with E-state index in [9.17, 15) is 0 Å². The SMILES string of the molecule is CC1C=c2c(n(-c3ccccc3)c3c2ccc2c3c3ccccc3n2-c2ccc3c(c2)c2ccccc2n3-c2ccccc2)=C2c3ccccc3N(c3ccccc3)C21. The van der Waals surface area contributed by atoms with E-state index < -0.39 is 0 Å². The summed E-state index contributed by atoms with van der Waals surface area (Å²) in [6.07, 6.45) is 2.55. The summed E-state index contributed by atoms with van der Waals surface area (Å²) in [6, 6.07) is 71.4. The number of benzene rings is 8. The Kier molecular flexibility index (Phi) is 6.74. The van der Waals surface area contributed by atoms with Crippen LogP contribution in [-0.4, -0.2) is 19.7 Å². The lowest BCUT2D eigenvalue weighted by Crippen LogP contribution is -2.44. The quantitative estimate of drug-likeness (QED) is 0.175. The van der Waals surface area contributed by atoms with Gasteiger partial charge in [-0.05, 0) is 78.9 Å². The predicted octanol–water partition coefficient (Wildman–Crippen LogP) is 12.0. The van der Waals surface area contributed by atoms with Gasteiger partial charge in [-0.1, -0.05) is 128 Å². The highest BCUT2D eigenvalue weighted by Gasteiger charge is 2.41. The molecule has 2 aliphatic rings. The number of nitrogens with zero attached hydrogens (tertiary/aromatic N) is 4. The van der Waals surface area contributed by atoms with E-state index in [-0.39, 0.29) is 12.0 Å². The van der Waals surface area contributed by atoms with Gasteiger partial charge in [0.15, 0.2) is 0 Å². The summed E-state index contributed by atoms with van der Waals surface area (Å²) in [7, 11) is 0. The van der Waals surface area contributed by atoms with Gasteiger partial charge in [-0.2, -0.15) is 0 Å². The fourth-order valence-electron chi connectivity index (χ4n) is 10.7. The second kappa shape index (κ2) is 12.2. The fraction of sp³-hybridized carbons (Fsp3) is 0.0545. The molecule has 8 aromatic carbocycles. The first kappa shape index (κ1) is 32.5. The molecule has 59 heavy (non-hydrogen) atoms. The number of para-hydroxylation sites is 6. The summed E-state index contributed by atoms with van der Waals surface area (Å²) in [5.41, 5.74) is 14.7. The summed E-state index contributed by atoms with van der Waals surface area (Å²) in [6.45, 7) is 2.40. The molecule has 4 nitrogen and oxygen atoms in total. The summed E-state index contributed by atoms with van der Waals surface area (Å²) in [5, 5.41) is 8.91. The molecule has 0 radical (unpaired) electrons. The van der Waals surface area contributed by atoms with Crippen molar-refractivity contribution in [1.82, 2.24) is 13.7 Å². The second-order valence-corrected chi connectivity index (χ2v) is 16.1. The Balaban J connectivity index is 1.16. The number of rotatable bonds is 4. The van der Waals surface area contributed by atoms with Gasteiger partial charge in [0.25, 0.3) is 0 Å². The van der Waals surface area contributed by atoms with Gasteiger partial charge < -0.3 is 18.6 Å². The topological polar surface area (TPSA) is 18.0 Å². The molecular formula is C55H38N4. The molecule has 11 aromatic rings. The lowest BCUT2D eigenvalue weighted by Gasteiger charge is -2.32. The molecule has 0 spiro atoms. The maximum Gasteiger partial charge on any atom is 0.0679 e. The van der Waals surface area contributed by atoms with Crippen LogP contribution in [0, 0.1) is 5.92 Å². The van der Waals surface area contributed by atoms with Gasteiger partial charge in [-0.25, -0.2) is 0 Å². The number of anilines is 2. The minimum Gasteiger partial charge on any atom is -0.333 e. The highest BCUT2D eigenvalue weighted by molar-refractivity contribution is 6.21. The maximum absolute atomic E-state index is 2.59. The van der Waals surface area contributed by atoms with Crippen molar-refractivity contribution in [2.75, 3.05) is 4.90 Å². The highest BCUT2D eigenvalue weighted by atomic mass is 15.2. The van der Waals surface area contributed by atoms with E-state index in [1.165, 1.54) is 99.0 Å². The Labute approximate surface area is 341 Å². The van der Waals surface area contributed by atoms with Crippen molar-refractivity contribution in [3.8, 4) is 17.1 Å². The van der Waals surface area contributed by atoms with Crippen LogP contribution in [-0.2, 0) is 0 Å². The minimum absolute atomic E-state index is 0.149. The Morgan fingerprint density at radius 1 is 0.407 bits per heavy atom. The standard InChI is InChI=1S/C55H38N4/c1-35-33-45-41-30-32-50-51(54(41)59(38-21-9-4-10-22-38)55(45)52-43-25-13-16-28-48(43)58(53(35)52)37-19-7-3-8-20-37)42-24-12-15-27-47(42)57(50)39-29-31-49-44(34-39)40-23-11-14-26-46(40)56(49)36-17-5-2-6-18-36/h2-35,53H,1H3. The van der Waals surface area contributed by atoms with Gasteiger partial charge >= 0.3 is 0 Å². The Bertz CT molecular complexity index is 3630. The molecule has 0 N–H and O–H groups in total. The molecule has 0 bridgehead atoms. The van der Waals surface area contributed by atoms with Crippen molar-refractivity contribution in [2.45, 2.75) is 13.0 Å². The van der Waals surface area contributed by atoms with Crippen molar-refractivity contribution in [2.24, 2.45) is 5.92 Å². The summed E-state index contributed by atoms with van der Waals surface area (Å²) in [4.78, 5) is 2.58. The summed E-state index contributed by atoms with van der Waals surface area (Å²) >= 11 is 0. The van der Waals surface area contributed by atoms with Crippen LogP contribution in [0.2, 0.25) is 0 Å². The fourth-order valence-corrected chi connectivity index (χ4v) is 10.7. The Morgan fingerprint density at radius 2 is 0.966 bits per heavy atom. The van der Waals surface area contributed by atoms with Crippen LogP contribution in [0.5, 0.6) is 0 Å². The van der Waals surface area contributed by atoms with Gasteiger partial charge in [-0.3, -0.25) is 0 Å². The van der Waals surface area contributed by atoms with Crippen LogP contribution in [0.3, 0.4) is 0 Å². The third-order valence-corrected chi connectivity index (χ3v) is 13.0. The first-order valence-corrected chi connectivity index (χ1v) is 20.7. The molecule has 2 unspecified atom stereocenters. The van der Waals surface area contributed by atoms with E-state index in [0.717, 1.165) is 5.69 Å². The lowest BCUT2D eigenvalue weighted by molar-refractivity contribution is 0.660. The second-order valence-electron chi connectivity index (χ2n) is 16.1. The smallest absolute Gasteiger partial charge is 0.0679 e. The first-order valence-electron chi connectivity index (χ1n) is 20.7.